The van der Waals surface area contributed by atoms with Crippen molar-refractivity contribution >= 4 is 11.0 Å². The van der Waals surface area contributed by atoms with Gasteiger partial charge in [-0.3, -0.25) is 0 Å². The van der Waals surface area contributed by atoms with Crippen LogP contribution in [0.2, 0.25) is 0 Å². The number of nitrogens with zero attached hydrogens (tertiary/aromatic N) is 2. The molecular weight excluding hydrogens is 284 g/mol. The highest BCUT2D eigenvalue weighted by molar-refractivity contribution is 5.82. The molecule has 4 rings (SSSR count). The summed E-state index contributed by atoms with van der Waals surface area (Å²) in [7, 11) is 0. The van der Waals surface area contributed by atoms with E-state index in [0.717, 1.165) is 34.5 Å². The summed E-state index contributed by atoms with van der Waals surface area (Å²) in [6, 6.07) is 18.5. The lowest BCUT2D eigenvalue weighted by molar-refractivity contribution is -0.686. The van der Waals surface area contributed by atoms with Crippen LogP contribution in [0.15, 0.2) is 90.4 Å². The molecule has 0 aliphatic rings. The molecule has 0 atom stereocenters. The van der Waals surface area contributed by atoms with Crippen LogP contribution in [0.25, 0.3) is 28.0 Å². The number of furan rings is 1. The molecule has 3 heteroatoms. The van der Waals surface area contributed by atoms with Crippen LogP contribution in [-0.4, -0.2) is 4.57 Å². The molecule has 2 aromatic heterocycles. The highest BCUT2D eigenvalue weighted by atomic mass is 16.3. The Balaban J connectivity index is 1.65. The lowest BCUT2D eigenvalue weighted by Gasteiger charge is -1.99. The Bertz CT molecular complexity index is 928. The summed E-state index contributed by atoms with van der Waals surface area (Å²) < 4.78 is 10.1. The van der Waals surface area contributed by atoms with Crippen LogP contribution in [0.3, 0.4) is 0 Å². The molecular formula is C20H17N2O+. The van der Waals surface area contributed by atoms with Crippen molar-refractivity contribution in [1.82, 2.24) is 4.57 Å². The topological polar surface area (TPSA) is 21.9 Å². The van der Waals surface area contributed by atoms with Crippen LogP contribution < -0.4 is 4.57 Å². The third kappa shape index (κ3) is 2.57. The lowest BCUT2D eigenvalue weighted by Crippen LogP contribution is -2.29. The molecule has 23 heavy (non-hydrogen) atoms. The molecule has 0 aliphatic heterocycles. The predicted molar refractivity (Wildman–Crippen MR) is 91.4 cm³/mol. The van der Waals surface area contributed by atoms with Gasteiger partial charge in [-0.05, 0) is 36.4 Å². The smallest absolute Gasteiger partial charge is 0.249 e. The Labute approximate surface area is 134 Å². The van der Waals surface area contributed by atoms with Gasteiger partial charge in [0.05, 0.1) is 0 Å². The summed E-state index contributed by atoms with van der Waals surface area (Å²) in [6.45, 7) is 4.57. The Kier molecular flexibility index (Phi) is 3.31. The van der Waals surface area contributed by atoms with Crippen LogP contribution >= 0.6 is 0 Å². The van der Waals surface area contributed by atoms with Gasteiger partial charge in [0.25, 0.3) is 0 Å². The second kappa shape index (κ2) is 5.61. The highest BCUT2D eigenvalue weighted by Crippen LogP contribution is 2.28. The fourth-order valence-corrected chi connectivity index (χ4v) is 2.73. The van der Waals surface area contributed by atoms with Gasteiger partial charge in [-0.1, -0.05) is 30.9 Å². The number of rotatable bonds is 4. The molecule has 0 saturated heterocycles. The monoisotopic (exact) mass is 301 g/mol. The first-order chi connectivity index (χ1) is 11.3. The van der Waals surface area contributed by atoms with E-state index in [0.29, 0.717) is 0 Å². The summed E-state index contributed by atoms with van der Waals surface area (Å²) in [6.07, 6.45) is 8.02. The molecule has 112 valence electrons. The van der Waals surface area contributed by atoms with Crippen molar-refractivity contribution in [2.45, 2.75) is 6.54 Å². The Morgan fingerprint density at radius 1 is 1.09 bits per heavy atom. The van der Waals surface area contributed by atoms with Crippen LogP contribution in [0.5, 0.6) is 0 Å². The average molecular weight is 301 g/mol. The number of fused-ring (bicyclic) bond motifs is 1. The van der Waals surface area contributed by atoms with Gasteiger partial charge in [-0.25, -0.2) is 9.13 Å². The molecule has 0 bridgehead atoms. The van der Waals surface area contributed by atoms with Gasteiger partial charge < -0.3 is 4.42 Å². The normalized spacial score (nSPS) is 11.0. The van der Waals surface area contributed by atoms with Crippen molar-refractivity contribution in [2.75, 3.05) is 0 Å². The predicted octanol–water partition coefficient (Wildman–Crippen LogP) is 4.36. The fourth-order valence-electron chi connectivity index (χ4n) is 2.73. The van der Waals surface area contributed by atoms with Crippen LogP contribution in [-0.2, 0) is 6.54 Å². The summed E-state index contributed by atoms with van der Waals surface area (Å²) >= 11 is 0. The van der Waals surface area contributed by atoms with Crippen LogP contribution in [0, 0.1) is 0 Å². The number of imidazole rings is 1. The van der Waals surface area contributed by atoms with E-state index in [1.807, 2.05) is 36.7 Å². The van der Waals surface area contributed by atoms with Crippen molar-refractivity contribution in [1.29, 1.82) is 0 Å². The maximum atomic E-state index is 5.91. The Morgan fingerprint density at radius 3 is 2.70 bits per heavy atom. The molecule has 3 nitrogen and oxygen atoms in total. The summed E-state index contributed by atoms with van der Waals surface area (Å²) in [5.41, 5.74) is 3.12. The highest BCUT2D eigenvalue weighted by Gasteiger charge is 2.08. The lowest BCUT2D eigenvalue weighted by atomic mass is 10.1. The first-order valence-corrected chi connectivity index (χ1v) is 7.61. The average Bonchev–Trinajstić information content (AvgIpc) is 3.22. The third-order valence-electron chi connectivity index (χ3n) is 3.91. The number of benzene rings is 2. The van der Waals surface area contributed by atoms with Gasteiger partial charge in [0.2, 0.25) is 6.33 Å². The van der Waals surface area contributed by atoms with E-state index in [2.05, 4.69) is 58.4 Å². The van der Waals surface area contributed by atoms with Crippen molar-refractivity contribution in [3.8, 4) is 17.0 Å². The number of aromatic nitrogens is 2. The minimum Gasteiger partial charge on any atom is -0.456 e. The number of para-hydroxylation sites is 1. The molecule has 4 aromatic rings. The van der Waals surface area contributed by atoms with Gasteiger partial charge in [0.1, 0.15) is 36.0 Å². The standard InChI is InChI=1S/C20H17N2O/c1-2-11-21-12-13-22(15-21)18-9-7-16(8-10-18)20-14-17-5-3-4-6-19(17)23-20/h2-10,12-15H,1,11H2/q+1. The Morgan fingerprint density at radius 2 is 1.91 bits per heavy atom. The molecule has 2 aromatic carbocycles. The van der Waals surface area contributed by atoms with Crippen molar-refractivity contribution in [3.63, 3.8) is 0 Å². The van der Waals surface area contributed by atoms with Crippen molar-refractivity contribution in [3.05, 3.63) is 86.0 Å². The molecule has 0 fully saturated rings. The minimum atomic E-state index is 0.810. The van der Waals surface area contributed by atoms with Crippen LogP contribution in [0.4, 0.5) is 0 Å². The third-order valence-corrected chi connectivity index (χ3v) is 3.91. The van der Waals surface area contributed by atoms with Gasteiger partial charge in [-0.15, -0.1) is 0 Å². The van der Waals surface area contributed by atoms with E-state index in [-0.39, 0.29) is 0 Å². The van der Waals surface area contributed by atoms with Crippen molar-refractivity contribution < 1.29 is 8.98 Å². The molecule has 0 amide bonds. The van der Waals surface area contributed by atoms with Gasteiger partial charge in [0.15, 0.2) is 0 Å². The first-order valence-electron chi connectivity index (χ1n) is 7.61. The molecule has 0 unspecified atom stereocenters. The van der Waals surface area contributed by atoms with Crippen LogP contribution in [0.1, 0.15) is 0 Å². The zero-order valence-electron chi connectivity index (χ0n) is 12.7. The van der Waals surface area contributed by atoms with E-state index >= 15 is 0 Å². The number of hydrogen-bond donors (Lipinski definition) is 0. The molecule has 0 radical (unpaired) electrons. The first kappa shape index (κ1) is 13.6. The molecule has 2 heterocycles. The van der Waals surface area contributed by atoms with E-state index in [1.165, 1.54) is 0 Å². The quantitative estimate of drug-likeness (QED) is 0.405. The van der Waals surface area contributed by atoms with Gasteiger partial charge in [-0.2, -0.15) is 0 Å². The van der Waals surface area contributed by atoms with E-state index < -0.39 is 0 Å². The van der Waals surface area contributed by atoms with Gasteiger partial charge in [0, 0.05) is 10.9 Å². The second-order valence-corrected chi connectivity index (χ2v) is 5.50. The molecule has 0 saturated carbocycles. The number of hydrogen-bond acceptors (Lipinski definition) is 1. The molecule has 0 aliphatic carbocycles. The maximum absolute atomic E-state index is 5.91. The fraction of sp³-hybridized carbons (Fsp3) is 0.0500. The van der Waals surface area contributed by atoms with Gasteiger partial charge >= 0.3 is 0 Å². The largest absolute Gasteiger partial charge is 0.456 e. The molecule has 0 N–H and O–H groups in total. The number of allylic oxidation sites excluding steroid dienone is 1. The minimum absolute atomic E-state index is 0.810. The maximum Gasteiger partial charge on any atom is 0.249 e. The van der Waals surface area contributed by atoms with E-state index in [9.17, 15) is 0 Å². The Hall–Kier alpha value is -3.07. The van der Waals surface area contributed by atoms with E-state index in [1.54, 1.807) is 0 Å². The SMILES string of the molecule is C=CC[n+]1ccn(-c2ccc(-c3cc4ccccc4o3)cc2)c1. The zero-order valence-corrected chi connectivity index (χ0v) is 12.7. The second-order valence-electron chi connectivity index (χ2n) is 5.50. The zero-order chi connectivity index (χ0) is 15.6. The van der Waals surface area contributed by atoms with E-state index in [4.69, 9.17) is 4.42 Å². The summed E-state index contributed by atoms with van der Waals surface area (Å²) in [5.74, 6) is 0.895. The summed E-state index contributed by atoms with van der Waals surface area (Å²) in [4.78, 5) is 0. The van der Waals surface area contributed by atoms with Crippen molar-refractivity contribution in [2.24, 2.45) is 0 Å². The summed E-state index contributed by atoms with van der Waals surface area (Å²) in [5, 5.41) is 1.13. The molecule has 0 spiro atoms.